The number of hydrogen-bond acceptors (Lipinski definition) is 27. The second-order valence-electron chi connectivity index (χ2n) is 15.5. The largest absolute Gasteiger partial charge is 0.508 e. The first-order chi connectivity index (χ1) is 32.9. The summed E-state index contributed by atoms with van der Waals surface area (Å²) in [6.07, 6.45) is -4.83. The number of methoxy groups -OCH3 is 2. The van der Waals surface area contributed by atoms with Crippen LogP contribution in [0, 0.1) is 16.2 Å². The van der Waals surface area contributed by atoms with Crippen molar-refractivity contribution in [3.63, 3.8) is 0 Å². The molecule has 27 nitrogen and oxygen atoms in total. The highest BCUT2D eigenvalue weighted by molar-refractivity contribution is 5.63. The Labute approximate surface area is 403 Å². The maximum Gasteiger partial charge on any atom is 0.508 e. The van der Waals surface area contributed by atoms with Crippen molar-refractivity contribution in [3.8, 4) is 0 Å². The molecule has 0 aliphatic carbocycles. The summed E-state index contributed by atoms with van der Waals surface area (Å²) in [5.41, 5.74) is -1.24. The van der Waals surface area contributed by atoms with E-state index in [1.807, 2.05) is 20.8 Å². The molecule has 0 spiro atoms. The summed E-state index contributed by atoms with van der Waals surface area (Å²) < 4.78 is 96.8. The highest BCUT2D eigenvalue weighted by Gasteiger charge is 2.40. The van der Waals surface area contributed by atoms with Gasteiger partial charge in [-0.3, -0.25) is 0 Å². The molecule has 0 radical (unpaired) electrons. The zero-order valence-corrected chi connectivity index (χ0v) is 39.1. The van der Waals surface area contributed by atoms with Crippen molar-refractivity contribution in [2.24, 2.45) is 16.2 Å². The molecule has 6 fully saturated rings. The molecule has 0 N–H and O–H groups in total. The summed E-state index contributed by atoms with van der Waals surface area (Å²) >= 11 is 0. The van der Waals surface area contributed by atoms with Gasteiger partial charge >= 0.3 is 43.1 Å². The molecular formula is C43H64O27. The highest BCUT2D eigenvalue weighted by Crippen LogP contribution is 2.32. The van der Waals surface area contributed by atoms with Gasteiger partial charge in [0.15, 0.2) is 18.3 Å². The molecule has 3 unspecified atom stereocenters. The fourth-order valence-corrected chi connectivity index (χ4v) is 5.51. The summed E-state index contributed by atoms with van der Waals surface area (Å²) in [4.78, 5) is 76.4. The molecule has 70 heavy (non-hydrogen) atoms. The lowest BCUT2D eigenvalue weighted by atomic mass is 9.87. The topological polar surface area (TPSA) is 304 Å². The SMILES string of the molecule is C.C=C1OCC(CC)(COC(=O)OC)CO1.C=C1OCC(CC)(COC(=O)OCC2(CC)COC(=O)OC2)CO1.C=C1OCC(COC(=O)OC)O1.O=C(OCC1COC(=O)O1)OCC1COC(=O)O1. The molecule has 6 saturated heterocycles. The van der Waals surface area contributed by atoms with Crippen LogP contribution < -0.4 is 0 Å². The van der Waals surface area contributed by atoms with Crippen molar-refractivity contribution in [3.05, 3.63) is 37.6 Å². The summed E-state index contributed by atoms with van der Waals surface area (Å²) in [6, 6.07) is 0. The van der Waals surface area contributed by atoms with Crippen LogP contribution >= 0.6 is 0 Å². The minimum Gasteiger partial charge on any atom is -0.465 e. The zero-order valence-electron chi connectivity index (χ0n) is 39.1. The van der Waals surface area contributed by atoms with E-state index in [1.165, 1.54) is 14.2 Å². The van der Waals surface area contributed by atoms with Crippen molar-refractivity contribution in [1.29, 1.82) is 0 Å². The van der Waals surface area contributed by atoms with E-state index < -0.39 is 66.1 Å². The van der Waals surface area contributed by atoms with Gasteiger partial charge in [-0.1, -0.05) is 28.2 Å². The van der Waals surface area contributed by atoms with Crippen molar-refractivity contribution >= 4 is 43.1 Å². The molecule has 6 aliphatic heterocycles. The van der Waals surface area contributed by atoms with Crippen molar-refractivity contribution in [2.75, 3.05) is 113 Å². The van der Waals surface area contributed by atoms with Crippen LogP contribution in [0.4, 0.5) is 33.6 Å². The number of carbonyl (C=O) groups excluding carboxylic acids is 7. The fraction of sp³-hybridized carbons (Fsp3) is 0.698. The van der Waals surface area contributed by atoms with E-state index >= 15 is 0 Å². The van der Waals surface area contributed by atoms with Gasteiger partial charge < -0.3 is 94.7 Å². The molecule has 0 aromatic heterocycles. The Morgan fingerprint density at radius 2 is 0.757 bits per heavy atom. The molecule has 0 bridgehead atoms. The van der Waals surface area contributed by atoms with Crippen molar-refractivity contribution < 1.29 is 128 Å². The van der Waals surface area contributed by atoms with Gasteiger partial charge in [0.25, 0.3) is 17.8 Å². The smallest absolute Gasteiger partial charge is 0.465 e. The van der Waals surface area contributed by atoms with E-state index in [9.17, 15) is 33.6 Å². The normalized spacial score (nSPS) is 21.6. The third kappa shape index (κ3) is 21.1. The van der Waals surface area contributed by atoms with E-state index in [2.05, 4.69) is 62.4 Å². The Hall–Kier alpha value is -7.09. The predicted octanol–water partition coefficient (Wildman–Crippen LogP) is 5.80. The first-order valence-electron chi connectivity index (χ1n) is 21.2. The second-order valence-corrected chi connectivity index (χ2v) is 15.5. The summed E-state index contributed by atoms with van der Waals surface area (Å²) in [6.45, 7) is 19.0. The number of rotatable bonds is 15. The van der Waals surface area contributed by atoms with Gasteiger partial charge in [-0.05, 0) is 39.0 Å². The Balaban J connectivity index is 0.000000329. The molecule has 6 rings (SSSR count). The van der Waals surface area contributed by atoms with Gasteiger partial charge in [-0.25, -0.2) is 33.6 Å². The van der Waals surface area contributed by atoms with Gasteiger partial charge in [0.1, 0.15) is 99.1 Å². The quantitative estimate of drug-likeness (QED) is 0.138. The number of ether oxygens (including phenoxy) is 20. The molecule has 6 heterocycles. The summed E-state index contributed by atoms with van der Waals surface area (Å²) in [7, 11) is 2.52. The van der Waals surface area contributed by atoms with Crippen molar-refractivity contribution in [2.45, 2.75) is 65.8 Å². The summed E-state index contributed by atoms with van der Waals surface area (Å²) in [5, 5.41) is 0. The average molecular weight is 1010 g/mol. The van der Waals surface area contributed by atoms with Gasteiger partial charge in [0, 0.05) is 0 Å². The summed E-state index contributed by atoms with van der Waals surface area (Å²) in [5.74, 6) is 0.851. The van der Waals surface area contributed by atoms with Crippen LogP contribution in [0.25, 0.3) is 0 Å². The Morgan fingerprint density at radius 1 is 0.443 bits per heavy atom. The predicted molar refractivity (Wildman–Crippen MR) is 228 cm³/mol. The monoisotopic (exact) mass is 1010 g/mol. The van der Waals surface area contributed by atoms with E-state index in [0.29, 0.717) is 45.4 Å². The molecule has 0 saturated carbocycles. The molecule has 398 valence electrons. The van der Waals surface area contributed by atoms with Crippen LogP contribution in [0.1, 0.15) is 47.5 Å². The van der Waals surface area contributed by atoms with Gasteiger partial charge in [-0.2, -0.15) is 0 Å². The molecule has 6 aliphatic rings. The second kappa shape index (κ2) is 29.7. The van der Waals surface area contributed by atoms with Gasteiger partial charge in [0.2, 0.25) is 0 Å². The van der Waals surface area contributed by atoms with Crippen LogP contribution in [0.2, 0.25) is 0 Å². The van der Waals surface area contributed by atoms with Gasteiger partial charge in [-0.15, -0.1) is 0 Å². The molecule has 3 atom stereocenters. The van der Waals surface area contributed by atoms with Gasteiger partial charge in [0.05, 0.1) is 30.5 Å². The third-order valence-electron chi connectivity index (χ3n) is 10.4. The standard InChI is InChI=1S/C16H24O8.C10H16O5.C9H10O9.C7H10O5.CH4/c1-4-15(6-19-12(3)20-7-15)8-21-13(17)22-9-16(5-2)10-23-14(18)24-11-16;1-4-10(7-15-9(11)12-3)5-13-8(2)14-6-10;10-7(13-1-5-3-15-8(11)17-5)14-2-6-4-16-9(12)18-6;1-5-10-3-6(12-5)4-11-7(8)9-2;/h3-11H2,1-2H3;2,4-7H2,1,3H3;5-6H,1-4H2;6H,1,3-4H2,2H3;1H4. The molecular weight excluding hydrogens is 948 g/mol. The molecule has 0 aromatic carbocycles. The number of hydrogen-bond donors (Lipinski definition) is 0. The molecule has 0 amide bonds. The highest BCUT2D eigenvalue weighted by atomic mass is 16.8. The Kier molecular flexibility index (Phi) is 25.1. The Morgan fingerprint density at radius 3 is 1.09 bits per heavy atom. The zero-order chi connectivity index (χ0) is 50.9. The Bertz CT molecular complexity index is 1660. The van der Waals surface area contributed by atoms with E-state index in [-0.39, 0.29) is 96.9 Å². The van der Waals surface area contributed by atoms with E-state index in [4.69, 9.17) is 52.1 Å². The molecule has 0 aromatic rings. The van der Waals surface area contributed by atoms with Crippen LogP contribution in [0.3, 0.4) is 0 Å². The molecule has 27 heteroatoms. The maximum atomic E-state index is 11.9. The van der Waals surface area contributed by atoms with E-state index in [1.54, 1.807) is 0 Å². The maximum absolute atomic E-state index is 11.9. The lowest BCUT2D eigenvalue weighted by molar-refractivity contribution is -0.126. The first-order valence-corrected chi connectivity index (χ1v) is 21.2. The minimum absolute atomic E-state index is 0. The lowest BCUT2D eigenvalue weighted by Gasteiger charge is -2.36. The van der Waals surface area contributed by atoms with Crippen molar-refractivity contribution in [1.82, 2.24) is 0 Å². The van der Waals surface area contributed by atoms with Crippen LogP contribution in [-0.4, -0.2) is 175 Å². The minimum atomic E-state index is -0.958. The lowest BCUT2D eigenvalue weighted by Crippen LogP contribution is -2.43. The van der Waals surface area contributed by atoms with E-state index in [0.717, 1.165) is 12.8 Å². The third-order valence-corrected chi connectivity index (χ3v) is 10.4. The first kappa shape index (κ1) is 59.0. The fourth-order valence-electron chi connectivity index (χ4n) is 5.51. The van der Waals surface area contributed by atoms with Crippen LogP contribution in [-0.2, 0) is 94.7 Å². The number of carbonyl (C=O) groups is 7. The number of cyclic esters (lactones) is 6. The van der Waals surface area contributed by atoms with Crippen LogP contribution in [0.5, 0.6) is 0 Å². The average Bonchev–Trinajstić information content (AvgIpc) is 4.12. The van der Waals surface area contributed by atoms with Crippen LogP contribution in [0.15, 0.2) is 37.6 Å².